The first-order valence-corrected chi connectivity index (χ1v) is 8.72. The zero-order chi connectivity index (χ0) is 19.5. The van der Waals surface area contributed by atoms with Gasteiger partial charge in [0.15, 0.2) is 5.82 Å². The van der Waals surface area contributed by atoms with Crippen LogP contribution < -0.4 is 15.6 Å². The molecule has 0 unspecified atom stereocenters. The molecule has 3 atom stereocenters. The lowest BCUT2D eigenvalue weighted by molar-refractivity contribution is 0.0694. The number of carboxylic acid groups (broad SMARTS) is 1. The van der Waals surface area contributed by atoms with Crippen LogP contribution in [0.3, 0.4) is 0 Å². The molecule has 2 aliphatic rings. The van der Waals surface area contributed by atoms with Crippen molar-refractivity contribution in [3.8, 4) is 0 Å². The molecule has 2 heterocycles. The van der Waals surface area contributed by atoms with Crippen molar-refractivity contribution >= 4 is 22.6 Å². The highest BCUT2D eigenvalue weighted by atomic mass is 19.1. The van der Waals surface area contributed by atoms with E-state index in [1.165, 1.54) is 0 Å². The third-order valence-electron chi connectivity index (χ3n) is 5.14. The molecule has 1 saturated carbocycles. The molecule has 27 heavy (non-hydrogen) atoms. The maximum Gasteiger partial charge on any atom is 0.341 e. The number of aromatic carboxylic acids is 1. The van der Waals surface area contributed by atoms with E-state index in [-0.39, 0.29) is 23.7 Å². The number of alkyl halides is 1. The summed E-state index contributed by atoms with van der Waals surface area (Å²) < 4.78 is 45.0. The van der Waals surface area contributed by atoms with Gasteiger partial charge in [0.25, 0.3) is 0 Å². The molecule has 6 nitrogen and oxygen atoms in total. The fourth-order valence-electron chi connectivity index (χ4n) is 3.71. The number of hydrogen-bond donors (Lipinski definition) is 2. The number of halogens is 3. The van der Waals surface area contributed by atoms with Crippen molar-refractivity contribution in [2.24, 2.45) is 0 Å². The minimum absolute atomic E-state index is 0.0171. The topological polar surface area (TPSA) is 74.6 Å². The first-order valence-electron chi connectivity index (χ1n) is 8.72. The molecule has 4 rings (SSSR count). The highest BCUT2D eigenvalue weighted by Gasteiger charge is 2.41. The second-order valence-electron chi connectivity index (χ2n) is 7.12. The number of benzene rings is 1. The summed E-state index contributed by atoms with van der Waals surface area (Å²) >= 11 is 0. The van der Waals surface area contributed by atoms with Gasteiger partial charge in [-0.15, -0.1) is 0 Å². The van der Waals surface area contributed by atoms with Crippen LogP contribution in [-0.2, 0) is 0 Å². The van der Waals surface area contributed by atoms with Crippen LogP contribution in [0.25, 0.3) is 10.9 Å². The van der Waals surface area contributed by atoms with E-state index in [0.29, 0.717) is 19.6 Å². The Bertz CT molecular complexity index is 1010. The second-order valence-corrected chi connectivity index (χ2v) is 7.12. The van der Waals surface area contributed by atoms with E-state index in [1.807, 2.05) is 6.92 Å². The molecule has 2 aromatic rings. The van der Waals surface area contributed by atoms with Crippen LogP contribution in [0.5, 0.6) is 0 Å². The maximum absolute atomic E-state index is 15.4. The summed E-state index contributed by atoms with van der Waals surface area (Å²) in [6.45, 7) is 3.16. The predicted molar refractivity (Wildman–Crippen MR) is 93.3 cm³/mol. The maximum atomic E-state index is 15.4. The van der Waals surface area contributed by atoms with Gasteiger partial charge in [-0.2, -0.15) is 0 Å². The molecule has 144 valence electrons. The molecule has 1 aromatic heterocycles. The van der Waals surface area contributed by atoms with E-state index in [0.717, 1.165) is 16.8 Å². The Labute approximate surface area is 152 Å². The van der Waals surface area contributed by atoms with Crippen LogP contribution in [0, 0.1) is 11.6 Å². The molecule has 1 aromatic carbocycles. The fourth-order valence-corrected chi connectivity index (χ4v) is 3.71. The Morgan fingerprint density at radius 3 is 2.67 bits per heavy atom. The summed E-state index contributed by atoms with van der Waals surface area (Å²) in [6, 6.07) is 0.117. The number of hydrogen-bond acceptors (Lipinski definition) is 4. The quantitative estimate of drug-likeness (QED) is 0.852. The van der Waals surface area contributed by atoms with Crippen LogP contribution in [0.2, 0.25) is 0 Å². The lowest BCUT2D eigenvalue weighted by Crippen LogP contribution is -2.49. The summed E-state index contributed by atoms with van der Waals surface area (Å²) in [5.74, 6) is -3.42. The number of nitrogens with zero attached hydrogens (tertiary/aromatic N) is 2. The number of fused-ring (bicyclic) bond motifs is 1. The number of anilines is 1. The molecule has 9 heteroatoms. The van der Waals surface area contributed by atoms with Gasteiger partial charge < -0.3 is 19.9 Å². The molecule has 2 N–H and O–H groups in total. The average molecular weight is 381 g/mol. The number of rotatable bonds is 3. The van der Waals surface area contributed by atoms with Crippen LogP contribution in [0.15, 0.2) is 17.1 Å². The lowest BCUT2D eigenvalue weighted by atomic mass is 10.1. The van der Waals surface area contributed by atoms with E-state index in [2.05, 4.69) is 5.32 Å². The Balaban J connectivity index is 2.00. The number of nitrogens with one attached hydrogen (secondary N) is 1. The summed E-state index contributed by atoms with van der Waals surface area (Å²) in [7, 11) is 0. The SMILES string of the molecule is C[C@H]1CN(c2c(F)cc3c(=O)c(C(=O)O)cn([C@@H]4C[C@H]4F)c3c2F)CCN1. The molecule has 0 spiro atoms. The highest BCUT2D eigenvalue weighted by Crippen LogP contribution is 2.42. The first kappa shape index (κ1) is 17.8. The standard InChI is InChI=1S/C18H18F3N3O3/c1-8-6-23(3-2-22-8)16-12(20)4-9-15(14(16)21)24(13-5-11(13)19)7-10(17(9)25)18(26)27/h4,7-8,11,13,22H,2-3,5-6H2,1H3,(H,26,27)/t8-,11+,13+/m0/s1. The average Bonchev–Trinajstić information content (AvgIpc) is 3.32. The van der Waals surface area contributed by atoms with Gasteiger partial charge >= 0.3 is 5.97 Å². The first-order chi connectivity index (χ1) is 12.8. The molecule has 2 fully saturated rings. The van der Waals surface area contributed by atoms with Gasteiger partial charge in [0.2, 0.25) is 5.43 Å². The number of piperazine rings is 1. The zero-order valence-corrected chi connectivity index (χ0v) is 14.5. The molecule has 1 aliphatic carbocycles. The van der Waals surface area contributed by atoms with Gasteiger partial charge in [0.1, 0.15) is 23.2 Å². The van der Waals surface area contributed by atoms with E-state index < -0.39 is 46.2 Å². The molecule has 1 saturated heterocycles. The summed E-state index contributed by atoms with van der Waals surface area (Å²) in [5.41, 5.74) is -2.15. The zero-order valence-electron chi connectivity index (χ0n) is 14.5. The van der Waals surface area contributed by atoms with E-state index in [4.69, 9.17) is 0 Å². The van der Waals surface area contributed by atoms with Crippen molar-refractivity contribution in [1.82, 2.24) is 9.88 Å². The minimum Gasteiger partial charge on any atom is -0.477 e. The molecule has 0 bridgehead atoms. The van der Waals surface area contributed by atoms with Crippen molar-refractivity contribution in [2.75, 3.05) is 24.5 Å². The normalized spacial score (nSPS) is 25.0. The van der Waals surface area contributed by atoms with E-state index >= 15 is 4.39 Å². The predicted octanol–water partition coefficient (Wildman–Crippen LogP) is 2.06. The van der Waals surface area contributed by atoms with Crippen molar-refractivity contribution in [3.05, 3.63) is 39.7 Å². The van der Waals surface area contributed by atoms with Gasteiger partial charge in [-0.05, 0) is 13.0 Å². The van der Waals surface area contributed by atoms with E-state index in [1.54, 1.807) is 4.90 Å². The molecule has 0 radical (unpaired) electrons. The van der Waals surface area contributed by atoms with E-state index in [9.17, 15) is 23.5 Å². The molecule has 0 amide bonds. The van der Waals surface area contributed by atoms with Crippen molar-refractivity contribution in [2.45, 2.75) is 31.6 Å². The van der Waals surface area contributed by atoms with Crippen molar-refractivity contribution in [3.63, 3.8) is 0 Å². The Hall–Kier alpha value is -2.55. The Kier molecular flexibility index (Phi) is 4.14. The van der Waals surface area contributed by atoms with Crippen molar-refractivity contribution in [1.29, 1.82) is 0 Å². The monoisotopic (exact) mass is 381 g/mol. The Morgan fingerprint density at radius 1 is 1.37 bits per heavy atom. The smallest absolute Gasteiger partial charge is 0.341 e. The van der Waals surface area contributed by atoms with Gasteiger partial charge in [0, 0.05) is 38.3 Å². The second kappa shape index (κ2) is 6.26. The summed E-state index contributed by atoms with van der Waals surface area (Å²) in [5, 5.41) is 12.0. The number of pyridine rings is 1. The Morgan fingerprint density at radius 2 is 2.07 bits per heavy atom. The molecule has 1 aliphatic heterocycles. The van der Waals surface area contributed by atoms with Gasteiger partial charge in [-0.3, -0.25) is 4.79 Å². The van der Waals surface area contributed by atoms with Crippen LogP contribution in [-0.4, -0.2) is 47.5 Å². The number of aromatic nitrogens is 1. The van der Waals surface area contributed by atoms with Gasteiger partial charge in [0.05, 0.1) is 16.9 Å². The highest BCUT2D eigenvalue weighted by molar-refractivity contribution is 5.94. The van der Waals surface area contributed by atoms with Crippen LogP contribution in [0.1, 0.15) is 29.7 Å². The lowest BCUT2D eigenvalue weighted by Gasteiger charge is -2.34. The van der Waals surface area contributed by atoms with Crippen LogP contribution >= 0.6 is 0 Å². The number of carboxylic acids is 1. The molecular formula is C18H18F3N3O3. The summed E-state index contributed by atoms with van der Waals surface area (Å²) in [6.07, 6.45) is -0.208. The fraction of sp³-hybridized carbons (Fsp3) is 0.444. The number of carbonyl (C=O) groups is 1. The van der Waals surface area contributed by atoms with Crippen molar-refractivity contribution < 1.29 is 23.1 Å². The van der Waals surface area contributed by atoms with Gasteiger partial charge in [-0.25, -0.2) is 18.0 Å². The van der Waals surface area contributed by atoms with Crippen LogP contribution in [0.4, 0.5) is 18.9 Å². The molecular weight excluding hydrogens is 363 g/mol. The third kappa shape index (κ3) is 2.86. The largest absolute Gasteiger partial charge is 0.477 e. The minimum atomic E-state index is -1.52. The van der Waals surface area contributed by atoms with Gasteiger partial charge in [-0.1, -0.05) is 0 Å². The third-order valence-corrected chi connectivity index (χ3v) is 5.14. The summed E-state index contributed by atoms with van der Waals surface area (Å²) in [4.78, 5) is 25.3.